The fraction of sp³-hybridized carbons (Fsp3) is 0.391. The van der Waals surface area contributed by atoms with Gasteiger partial charge in [0.05, 0.1) is 18.1 Å². The zero-order valence-corrected chi connectivity index (χ0v) is 20.0. The Labute approximate surface area is 203 Å². The molecule has 0 spiro atoms. The van der Waals surface area contributed by atoms with Gasteiger partial charge in [0.2, 0.25) is 15.9 Å². The lowest BCUT2D eigenvalue weighted by atomic mass is 10.2. The number of hydrogen-bond donors (Lipinski definition) is 2. The second-order valence-electron chi connectivity index (χ2n) is 8.17. The highest BCUT2D eigenvalue weighted by molar-refractivity contribution is 7.89. The summed E-state index contributed by atoms with van der Waals surface area (Å²) in [6, 6.07) is 8.27. The van der Waals surface area contributed by atoms with Crippen LogP contribution in [-0.4, -0.2) is 82.1 Å². The van der Waals surface area contributed by atoms with Crippen molar-refractivity contribution in [3.63, 3.8) is 0 Å². The van der Waals surface area contributed by atoms with Crippen LogP contribution in [0.3, 0.4) is 0 Å². The maximum atomic E-state index is 13.6. The monoisotopic (exact) mass is 506 g/mol. The van der Waals surface area contributed by atoms with Gasteiger partial charge in [0.15, 0.2) is 0 Å². The van der Waals surface area contributed by atoms with Crippen molar-refractivity contribution in [2.75, 3.05) is 51.8 Å². The maximum Gasteiger partial charge on any atom is 0.321 e. The van der Waals surface area contributed by atoms with E-state index in [-0.39, 0.29) is 37.7 Å². The normalized spacial score (nSPS) is 18.0. The molecule has 2 aliphatic heterocycles. The van der Waals surface area contributed by atoms with E-state index >= 15 is 0 Å². The molecular weight excluding hydrogens is 479 g/mol. The number of nitrogens with zero attached hydrogens (tertiary/aromatic N) is 2. The van der Waals surface area contributed by atoms with Gasteiger partial charge >= 0.3 is 6.03 Å². The summed E-state index contributed by atoms with van der Waals surface area (Å²) in [7, 11) is -2.55. The number of amides is 3. The Morgan fingerprint density at radius 3 is 2.69 bits per heavy atom. The van der Waals surface area contributed by atoms with Crippen LogP contribution in [0.25, 0.3) is 0 Å². The molecule has 2 N–H and O–H groups in total. The lowest BCUT2D eigenvalue weighted by Crippen LogP contribution is -2.62. The lowest BCUT2D eigenvalue weighted by molar-refractivity contribution is -0.126. The number of carbonyl (C=O) groups excluding carboxylic acids is 2. The molecule has 4 rings (SSSR count). The molecule has 35 heavy (non-hydrogen) atoms. The van der Waals surface area contributed by atoms with E-state index in [9.17, 15) is 22.4 Å². The summed E-state index contributed by atoms with van der Waals surface area (Å²) < 4.78 is 51.8. The Balaban J connectivity index is 1.55. The second-order valence-corrected chi connectivity index (χ2v) is 10.1. The van der Waals surface area contributed by atoms with E-state index < -0.39 is 33.8 Å². The molecule has 1 unspecified atom stereocenters. The quantitative estimate of drug-likeness (QED) is 0.549. The number of rotatable bonds is 7. The molecule has 0 bridgehead atoms. The van der Waals surface area contributed by atoms with Crippen molar-refractivity contribution in [2.45, 2.75) is 17.4 Å². The number of urea groups is 1. The van der Waals surface area contributed by atoms with Gasteiger partial charge in [-0.25, -0.2) is 17.6 Å². The van der Waals surface area contributed by atoms with Gasteiger partial charge in [0, 0.05) is 45.4 Å². The highest BCUT2D eigenvalue weighted by Gasteiger charge is 2.41. The first kappa shape index (κ1) is 24.9. The van der Waals surface area contributed by atoms with Crippen molar-refractivity contribution in [1.82, 2.24) is 14.5 Å². The largest absolute Gasteiger partial charge is 0.493 e. The van der Waals surface area contributed by atoms with Gasteiger partial charge in [-0.1, -0.05) is 0 Å². The minimum atomic E-state index is -4.04. The summed E-state index contributed by atoms with van der Waals surface area (Å²) in [6.07, 6.45) is 0.608. The SMILES string of the molecule is COCCNC(=O)C1CN(C(=O)Nc2ccc(F)cc2)CCN1S(=O)(=O)c1ccc2c(c1)CCO2. The van der Waals surface area contributed by atoms with Crippen molar-refractivity contribution in [3.8, 4) is 5.75 Å². The number of piperazine rings is 1. The van der Waals surface area contributed by atoms with E-state index in [0.717, 1.165) is 9.87 Å². The molecule has 1 saturated heterocycles. The van der Waals surface area contributed by atoms with E-state index in [4.69, 9.17) is 9.47 Å². The molecule has 12 heteroatoms. The van der Waals surface area contributed by atoms with Crippen molar-refractivity contribution in [2.24, 2.45) is 0 Å². The summed E-state index contributed by atoms with van der Waals surface area (Å²) in [5.74, 6) is -0.317. The maximum absolute atomic E-state index is 13.6. The van der Waals surface area contributed by atoms with Gasteiger partial charge in [-0.2, -0.15) is 4.31 Å². The third-order valence-electron chi connectivity index (χ3n) is 5.89. The Kier molecular flexibility index (Phi) is 7.53. The number of carbonyl (C=O) groups is 2. The van der Waals surface area contributed by atoms with Crippen LogP contribution in [0.5, 0.6) is 5.75 Å². The number of fused-ring (bicyclic) bond motifs is 1. The van der Waals surface area contributed by atoms with E-state index in [2.05, 4.69) is 10.6 Å². The number of halogens is 1. The molecule has 1 atom stereocenters. The van der Waals surface area contributed by atoms with Crippen LogP contribution in [0.1, 0.15) is 5.56 Å². The van der Waals surface area contributed by atoms with Crippen molar-refractivity contribution in [1.29, 1.82) is 0 Å². The topological polar surface area (TPSA) is 117 Å². The number of sulfonamides is 1. The first-order valence-electron chi connectivity index (χ1n) is 11.2. The molecule has 2 aromatic carbocycles. The van der Waals surface area contributed by atoms with Crippen LogP contribution >= 0.6 is 0 Å². The first-order chi connectivity index (χ1) is 16.8. The Hall–Kier alpha value is -3.22. The van der Waals surface area contributed by atoms with Gasteiger partial charge in [0.25, 0.3) is 0 Å². The minimum absolute atomic E-state index is 0.0701. The molecule has 0 radical (unpaired) electrons. The number of nitrogens with one attached hydrogen (secondary N) is 2. The van der Waals surface area contributed by atoms with Crippen LogP contribution in [0.4, 0.5) is 14.9 Å². The number of methoxy groups -OCH3 is 1. The third-order valence-corrected chi connectivity index (χ3v) is 7.79. The number of anilines is 1. The van der Waals surface area contributed by atoms with Crippen LogP contribution in [-0.2, 0) is 26.0 Å². The smallest absolute Gasteiger partial charge is 0.321 e. The molecule has 1 fully saturated rings. The van der Waals surface area contributed by atoms with E-state index in [1.807, 2.05) is 0 Å². The standard InChI is InChI=1S/C23H27FN4O6S/c1-33-13-9-25-22(29)20-15-27(23(30)26-18-4-2-17(24)3-5-18)10-11-28(20)35(31,32)19-6-7-21-16(14-19)8-12-34-21/h2-7,14,20H,8-13,15H2,1H3,(H,25,29)(H,26,30). The molecule has 0 aliphatic carbocycles. The summed E-state index contributed by atoms with van der Waals surface area (Å²) in [4.78, 5) is 27.3. The van der Waals surface area contributed by atoms with Gasteiger partial charge in [-0.05, 0) is 48.0 Å². The molecule has 2 aliphatic rings. The summed E-state index contributed by atoms with van der Waals surface area (Å²) in [6.45, 7) is 0.782. The number of ether oxygens (including phenoxy) is 2. The second kappa shape index (κ2) is 10.6. The van der Waals surface area contributed by atoms with Gasteiger partial charge in [-0.3, -0.25) is 4.79 Å². The van der Waals surface area contributed by atoms with Crippen molar-refractivity contribution < 1.29 is 31.9 Å². The fourth-order valence-corrected chi connectivity index (χ4v) is 5.66. The van der Waals surface area contributed by atoms with Gasteiger partial charge in [-0.15, -0.1) is 0 Å². The molecule has 188 valence electrons. The Morgan fingerprint density at radius 2 is 1.94 bits per heavy atom. The molecule has 0 aromatic heterocycles. The summed E-state index contributed by atoms with van der Waals surface area (Å²) in [5.41, 5.74) is 1.18. The predicted octanol–water partition coefficient (Wildman–Crippen LogP) is 1.43. The zero-order chi connectivity index (χ0) is 25.0. The highest BCUT2D eigenvalue weighted by atomic mass is 32.2. The molecule has 10 nitrogen and oxygen atoms in total. The van der Waals surface area contributed by atoms with E-state index in [1.54, 1.807) is 12.1 Å². The predicted molar refractivity (Wildman–Crippen MR) is 125 cm³/mol. The number of hydrogen-bond acceptors (Lipinski definition) is 6. The lowest BCUT2D eigenvalue weighted by Gasteiger charge is -2.39. The van der Waals surface area contributed by atoms with Gasteiger partial charge < -0.3 is 25.0 Å². The minimum Gasteiger partial charge on any atom is -0.493 e. The van der Waals surface area contributed by atoms with Gasteiger partial charge in [0.1, 0.15) is 17.6 Å². The Bertz CT molecular complexity index is 1190. The number of benzene rings is 2. The molecule has 2 aromatic rings. The fourth-order valence-electron chi connectivity index (χ4n) is 4.04. The summed E-state index contributed by atoms with van der Waals surface area (Å²) in [5, 5.41) is 5.32. The molecule has 3 amide bonds. The van der Waals surface area contributed by atoms with E-state index in [1.165, 1.54) is 42.3 Å². The average molecular weight is 507 g/mol. The van der Waals surface area contributed by atoms with Crippen LogP contribution in [0.2, 0.25) is 0 Å². The zero-order valence-electron chi connectivity index (χ0n) is 19.2. The average Bonchev–Trinajstić information content (AvgIpc) is 3.33. The summed E-state index contributed by atoms with van der Waals surface area (Å²) >= 11 is 0. The van der Waals surface area contributed by atoms with Crippen molar-refractivity contribution >= 4 is 27.6 Å². The van der Waals surface area contributed by atoms with Crippen LogP contribution in [0.15, 0.2) is 47.4 Å². The third kappa shape index (κ3) is 5.55. The molecule has 2 heterocycles. The van der Waals surface area contributed by atoms with E-state index in [0.29, 0.717) is 24.5 Å². The molecular formula is C23H27FN4O6S. The molecule has 0 saturated carbocycles. The Morgan fingerprint density at radius 1 is 1.17 bits per heavy atom. The van der Waals surface area contributed by atoms with Crippen molar-refractivity contribution in [3.05, 3.63) is 53.8 Å². The van der Waals surface area contributed by atoms with Crippen LogP contribution < -0.4 is 15.4 Å². The first-order valence-corrected chi connectivity index (χ1v) is 12.6. The van der Waals surface area contributed by atoms with Crippen LogP contribution in [0, 0.1) is 5.82 Å². The highest BCUT2D eigenvalue weighted by Crippen LogP contribution is 2.30.